The Labute approximate surface area is 161 Å². The molecule has 0 amide bonds. The van der Waals surface area contributed by atoms with Crippen molar-refractivity contribution in [2.75, 3.05) is 13.3 Å². The minimum absolute atomic E-state index is 1.09. The van der Waals surface area contributed by atoms with Gasteiger partial charge in [0.05, 0.1) is 0 Å². The second kappa shape index (κ2) is 5.24. The van der Waals surface area contributed by atoms with E-state index in [-0.39, 0.29) is 0 Å². The Morgan fingerprint density at radius 2 is 1.39 bits per heavy atom. The molecule has 0 saturated heterocycles. The van der Waals surface area contributed by atoms with Crippen molar-refractivity contribution < 1.29 is 0 Å². The van der Waals surface area contributed by atoms with E-state index in [1.54, 1.807) is 0 Å². The summed E-state index contributed by atoms with van der Waals surface area (Å²) in [5, 5.41) is 6.56. The average Bonchev–Trinajstić information content (AvgIpc) is 2.50. The maximum absolute atomic E-state index is 5.03. The maximum atomic E-state index is 5.03. The van der Waals surface area contributed by atoms with Crippen LogP contribution in [0.5, 0.6) is 0 Å². The molecule has 0 atom stereocenters. The second-order valence-electron chi connectivity index (χ2n) is 6.46. The van der Waals surface area contributed by atoms with Crippen LogP contribution in [-0.4, -0.2) is 18.3 Å². The van der Waals surface area contributed by atoms with Gasteiger partial charge in [0.25, 0.3) is 0 Å². The Kier molecular flexibility index (Phi) is 3.64. The summed E-state index contributed by atoms with van der Waals surface area (Å²) in [5.41, 5.74) is 2.22. The molecule has 0 N–H and O–H groups in total. The molecule has 4 aromatic rings. The summed E-state index contributed by atoms with van der Waals surface area (Å²) >= 11 is 5.37. The Morgan fingerprint density at radius 1 is 0.739 bits per heavy atom. The van der Waals surface area contributed by atoms with Crippen LogP contribution in [0.2, 0.25) is 0 Å². The van der Waals surface area contributed by atoms with Crippen molar-refractivity contribution in [1.29, 1.82) is 0 Å². The molecule has 1 aromatic heterocycles. The van der Waals surface area contributed by atoms with E-state index < -0.39 is 1.89 Å². The molecule has 23 heavy (non-hydrogen) atoms. The zero-order valence-corrected chi connectivity index (χ0v) is 18.1. The molecule has 0 aliphatic carbocycles. The molecule has 0 aliphatic rings. The number of halogens is 2. The third-order valence-electron chi connectivity index (χ3n) is 4.16. The third kappa shape index (κ3) is 2.75. The van der Waals surface area contributed by atoms with Crippen molar-refractivity contribution in [3.63, 3.8) is 0 Å². The van der Waals surface area contributed by atoms with Crippen LogP contribution in [0.15, 0.2) is 60.7 Å². The summed E-state index contributed by atoms with van der Waals surface area (Å²) in [5.74, 6) is 0. The number of nitrogens with zero attached hydrogens (tertiary/aromatic N) is 1. The number of para-hydroxylation sites is 1. The first-order chi connectivity index (χ1) is 10.8. The Bertz CT molecular complexity index is 1070. The quantitative estimate of drug-likeness (QED) is 0.113. The van der Waals surface area contributed by atoms with Crippen LogP contribution in [0.4, 0.5) is 0 Å². The van der Waals surface area contributed by atoms with Crippen molar-refractivity contribution in [1.82, 2.24) is 4.98 Å². The van der Waals surface area contributed by atoms with E-state index in [4.69, 9.17) is 4.98 Å². The van der Waals surface area contributed by atoms with Crippen LogP contribution in [0, 0.1) is 0 Å². The number of hydrogen-bond donors (Lipinski definition) is 0. The molecule has 0 aliphatic heterocycles. The Balaban J connectivity index is 2.34. The first-order valence-electron chi connectivity index (χ1n) is 7.47. The SMILES string of the molecule is CP(C)(I)(I)c1c2ccccc2nc2c1ccc1ccccc12. The molecule has 0 radical (unpaired) electrons. The van der Waals surface area contributed by atoms with Crippen molar-refractivity contribution in [2.24, 2.45) is 0 Å². The first kappa shape index (κ1) is 16.0. The van der Waals surface area contributed by atoms with Crippen LogP contribution in [0.25, 0.3) is 32.6 Å². The average molecular weight is 543 g/mol. The summed E-state index contributed by atoms with van der Waals surface area (Å²) in [4.78, 5) is 5.03. The molecule has 0 fully saturated rings. The van der Waals surface area contributed by atoms with Gasteiger partial charge in [-0.15, -0.1) is 0 Å². The van der Waals surface area contributed by atoms with E-state index >= 15 is 0 Å². The fourth-order valence-corrected chi connectivity index (χ4v) is 8.08. The normalized spacial score (nSPS) is 14.2. The van der Waals surface area contributed by atoms with E-state index in [1.807, 2.05) is 0 Å². The van der Waals surface area contributed by atoms with Gasteiger partial charge in [-0.2, -0.15) is 0 Å². The third-order valence-corrected chi connectivity index (χ3v) is 8.77. The summed E-state index contributed by atoms with van der Waals surface area (Å²) in [7, 11) is 0. The van der Waals surface area contributed by atoms with E-state index in [2.05, 4.69) is 118 Å². The van der Waals surface area contributed by atoms with Crippen LogP contribution in [-0.2, 0) is 0 Å². The number of pyridine rings is 1. The van der Waals surface area contributed by atoms with Crippen molar-refractivity contribution in [3.8, 4) is 0 Å². The molecule has 0 unspecified atom stereocenters. The molecular formula is C19H16I2NP. The number of benzene rings is 3. The monoisotopic (exact) mass is 543 g/mol. The zero-order valence-electron chi connectivity index (χ0n) is 12.9. The van der Waals surface area contributed by atoms with Crippen LogP contribution in [0.1, 0.15) is 0 Å². The molecule has 4 heteroatoms. The number of hydrogen-bond acceptors (Lipinski definition) is 1. The number of rotatable bonds is 1. The molecule has 3 aromatic carbocycles. The molecule has 4 rings (SSSR count). The Morgan fingerprint density at radius 3 is 2.13 bits per heavy atom. The van der Waals surface area contributed by atoms with Gasteiger partial charge < -0.3 is 0 Å². The molecule has 116 valence electrons. The Hall–Kier alpha value is -0.520. The van der Waals surface area contributed by atoms with Crippen LogP contribution >= 0.6 is 46.0 Å². The predicted molar refractivity (Wildman–Crippen MR) is 123 cm³/mol. The first-order valence-corrected chi connectivity index (χ1v) is 16.2. The van der Waals surface area contributed by atoms with E-state index in [0.717, 1.165) is 11.0 Å². The van der Waals surface area contributed by atoms with Gasteiger partial charge in [0.15, 0.2) is 0 Å². The van der Waals surface area contributed by atoms with Gasteiger partial charge >= 0.3 is 163 Å². The minimum atomic E-state index is -2.03. The molecule has 1 nitrogen and oxygen atoms in total. The van der Waals surface area contributed by atoms with Gasteiger partial charge in [0.2, 0.25) is 0 Å². The van der Waals surface area contributed by atoms with Gasteiger partial charge in [0.1, 0.15) is 0 Å². The van der Waals surface area contributed by atoms with Crippen LogP contribution < -0.4 is 5.30 Å². The van der Waals surface area contributed by atoms with E-state index in [9.17, 15) is 0 Å². The summed E-state index contributed by atoms with van der Waals surface area (Å²) in [6, 6.07) is 21.6. The standard InChI is InChI=1S/C19H16I2NP/c1-23(2,20,21)19-15-9-5-6-10-17(15)22-18-14-8-4-3-7-13(14)11-12-16(18)19/h3-12H,1-2H3. The number of fused-ring (bicyclic) bond motifs is 4. The second-order valence-corrected chi connectivity index (χ2v) is 33.4. The van der Waals surface area contributed by atoms with Gasteiger partial charge in [-0.25, -0.2) is 0 Å². The van der Waals surface area contributed by atoms with E-state index in [0.29, 0.717) is 0 Å². The van der Waals surface area contributed by atoms with Gasteiger partial charge in [-0.3, -0.25) is 0 Å². The molecule has 0 spiro atoms. The van der Waals surface area contributed by atoms with Crippen molar-refractivity contribution in [3.05, 3.63) is 60.7 Å². The van der Waals surface area contributed by atoms with Gasteiger partial charge in [0, 0.05) is 0 Å². The molecular weight excluding hydrogens is 527 g/mol. The fraction of sp³-hybridized carbons (Fsp3) is 0.105. The zero-order chi connectivity index (χ0) is 16.3. The van der Waals surface area contributed by atoms with Crippen molar-refractivity contribution >= 4 is 83.9 Å². The predicted octanol–water partition coefficient (Wildman–Crippen LogP) is 6.68. The molecule has 0 bridgehead atoms. The fourth-order valence-electron chi connectivity index (χ4n) is 3.27. The molecule has 1 heterocycles. The summed E-state index contributed by atoms with van der Waals surface area (Å²) < 4.78 is -2.03. The topological polar surface area (TPSA) is 12.9 Å². The summed E-state index contributed by atoms with van der Waals surface area (Å²) in [6.07, 6.45) is 0. The van der Waals surface area contributed by atoms with Crippen LogP contribution in [0.3, 0.4) is 0 Å². The molecule has 0 saturated carbocycles. The van der Waals surface area contributed by atoms with E-state index in [1.165, 1.54) is 26.8 Å². The summed E-state index contributed by atoms with van der Waals surface area (Å²) in [6.45, 7) is 4.81. The van der Waals surface area contributed by atoms with Crippen molar-refractivity contribution in [2.45, 2.75) is 0 Å². The van der Waals surface area contributed by atoms with Gasteiger partial charge in [-0.05, 0) is 0 Å². The number of aromatic nitrogens is 1. The van der Waals surface area contributed by atoms with Gasteiger partial charge in [-0.1, -0.05) is 0 Å².